The molecule has 0 aromatic heterocycles. The Morgan fingerprint density at radius 2 is 1.44 bits per heavy atom. The highest BCUT2D eigenvalue weighted by atomic mass is 19.4. The first-order valence-corrected chi connectivity index (χ1v) is 7.67. The van der Waals surface area contributed by atoms with E-state index in [9.17, 15) is 22.0 Å². The Morgan fingerprint density at radius 1 is 0.880 bits per heavy atom. The van der Waals surface area contributed by atoms with Gasteiger partial charge in [0.15, 0.2) is 0 Å². The predicted molar refractivity (Wildman–Crippen MR) is 84.2 cm³/mol. The second-order valence-corrected chi connectivity index (χ2v) is 5.83. The van der Waals surface area contributed by atoms with Gasteiger partial charge in [-0.3, -0.25) is 5.01 Å². The molecule has 1 heterocycles. The van der Waals surface area contributed by atoms with Crippen LogP contribution in [-0.4, -0.2) is 22.8 Å². The van der Waals surface area contributed by atoms with Gasteiger partial charge in [-0.2, -0.15) is 27.1 Å². The molecule has 2 aromatic rings. The third-order valence-electron chi connectivity index (χ3n) is 4.09. The number of benzene rings is 2. The first kappa shape index (κ1) is 17.4. The molecule has 0 N–H and O–H groups in total. The lowest BCUT2D eigenvalue weighted by Gasteiger charge is -2.24. The zero-order chi connectivity index (χ0) is 18.1. The number of halogens is 5. The van der Waals surface area contributed by atoms with E-state index >= 15 is 0 Å². The van der Waals surface area contributed by atoms with Crippen molar-refractivity contribution in [2.75, 3.05) is 0 Å². The fourth-order valence-corrected chi connectivity index (χ4v) is 2.79. The molecule has 2 aromatic carbocycles. The van der Waals surface area contributed by atoms with Crippen molar-refractivity contribution < 1.29 is 22.0 Å². The van der Waals surface area contributed by atoms with Crippen LogP contribution >= 0.6 is 0 Å². The third-order valence-corrected chi connectivity index (χ3v) is 4.09. The third kappa shape index (κ3) is 3.50. The maximum Gasteiger partial charge on any atom is 0.459 e. The van der Waals surface area contributed by atoms with Crippen LogP contribution in [0, 0.1) is 0 Å². The van der Waals surface area contributed by atoms with Crippen molar-refractivity contribution in [3.05, 3.63) is 71.8 Å². The smallest absolute Gasteiger partial charge is 0.285 e. The Hall–Kier alpha value is -2.44. The Labute approximate surface area is 141 Å². The van der Waals surface area contributed by atoms with Crippen LogP contribution in [0.3, 0.4) is 0 Å². The first-order valence-electron chi connectivity index (χ1n) is 7.67. The molecule has 1 aliphatic heterocycles. The van der Waals surface area contributed by atoms with E-state index in [1.54, 1.807) is 60.7 Å². The van der Waals surface area contributed by atoms with Crippen LogP contribution in [0.15, 0.2) is 65.8 Å². The average Bonchev–Trinajstić information content (AvgIpc) is 3.00. The number of hydrogen-bond acceptors (Lipinski definition) is 2. The Balaban J connectivity index is 1.94. The molecular formula is C18H15F5N2. The molecule has 25 heavy (non-hydrogen) atoms. The van der Waals surface area contributed by atoms with E-state index in [0.717, 1.165) is 5.56 Å². The fraction of sp³-hybridized carbons (Fsp3) is 0.278. The number of alkyl halides is 5. The summed E-state index contributed by atoms with van der Waals surface area (Å²) in [7, 11) is 0. The minimum atomic E-state index is -5.66. The van der Waals surface area contributed by atoms with E-state index < -0.39 is 30.3 Å². The van der Waals surface area contributed by atoms with Crippen LogP contribution in [0.2, 0.25) is 0 Å². The summed E-state index contributed by atoms with van der Waals surface area (Å²) in [6, 6.07) is 16.8. The lowest BCUT2D eigenvalue weighted by Crippen LogP contribution is -2.43. The molecule has 2 nitrogen and oxygen atoms in total. The molecule has 0 fully saturated rings. The highest BCUT2D eigenvalue weighted by Gasteiger charge is 2.62. The summed E-state index contributed by atoms with van der Waals surface area (Å²) in [5.74, 6) is -4.94. The molecule has 0 bridgehead atoms. The van der Waals surface area contributed by atoms with Crippen LogP contribution in [-0.2, 0) is 6.54 Å². The molecule has 0 aliphatic carbocycles. The lowest BCUT2D eigenvalue weighted by atomic mass is 9.99. The van der Waals surface area contributed by atoms with E-state index in [1.165, 1.54) is 5.01 Å². The standard InChI is InChI=1S/C18H15F5N2/c19-17(20,18(21,22)23)16-11-15(14-9-5-2-6-10-14)25(24-16)12-13-7-3-1-4-8-13/h1-10,15H,11-12H2. The molecule has 0 spiro atoms. The summed E-state index contributed by atoms with van der Waals surface area (Å²) in [5, 5.41) is 4.96. The Morgan fingerprint density at radius 3 is 2.00 bits per heavy atom. The quantitative estimate of drug-likeness (QED) is 0.690. The molecule has 0 amide bonds. The number of hydrazone groups is 1. The Bertz CT molecular complexity index is 741. The van der Waals surface area contributed by atoms with Crippen LogP contribution < -0.4 is 0 Å². The van der Waals surface area contributed by atoms with Crippen molar-refractivity contribution in [1.82, 2.24) is 5.01 Å². The van der Waals surface area contributed by atoms with Gasteiger partial charge in [0, 0.05) is 6.42 Å². The van der Waals surface area contributed by atoms with Crippen molar-refractivity contribution in [3.63, 3.8) is 0 Å². The fourth-order valence-electron chi connectivity index (χ4n) is 2.79. The van der Waals surface area contributed by atoms with Gasteiger partial charge in [-0.15, -0.1) is 0 Å². The lowest BCUT2D eigenvalue weighted by molar-refractivity contribution is -0.249. The molecule has 1 aliphatic rings. The van der Waals surface area contributed by atoms with Crippen molar-refractivity contribution in [2.45, 2.75) is 31.1 Å². The van der Waals surface area contributed by atoms with Gasteiger partial charge in [-0.05, 0) is 11.1 Å². The average molecular weight is 354 g/mol. The summed E-state index contributed by atoms with van der Waals surface area (Å²) in [6.45, 7) is 0.151. The maximum atomic E-state index is 13.8. The van der Waals surface area contributed by atoms with Crippen molar-refractivity contribution in [1.29, 1.82) is 0 Å². The SMILES string of the molecule is FC(F)(F)C(F)(F)C1=NN(Cc2ccccc2)C(c2ccccc2)C1. The highest BCUT2D eigenvalue weighted by Crippen LogP contribution is 2.43. The molecule has 132 valence electrons. The normalized spacial score (nSPS) is 18.4. The van der Waals surface area contributed by atoms with Gasteiger partial charge in [0.2, 0.25) is 0 Å². The van der Waals surface area contributed by atoms with Gasteiger partial charge in [0.1, 0.15) is 5.71 Å². The van der Waals surface area contributed by atoms with Crippen molar-refractivity contribution >= 4 is 5.71 Å². The molecule has 0 saturated carbocycles. The number of nitrogens with zero attached hydrogens (tertiary/aromatic N) is 2. The second kappa shape index (κ2) is 6.46. The highest BCUT2D eigenvalue weighted by molar-refractivity contribution is 5.93. The first-order chi connectivity index (χ1) is 11.8. The minimum Gasteiger partial charge on any atom is -0.285 e. The van der Waals surface area contributed by atoms with E-state index in [4.69, 9.17) is 0 Å². The van der Waals surface area contributed by atoms with Gasteiger partial charge < -0.3 is 0 Å². The topological polar surface area (TPSA) is 15.6 Å². The maximum absolute atomic E-state index is 13.8. The van der Waals surface area contributed by atoms with E-state index in [1.807, 2.05) is 0 Å². The molecule has 1 unspecified atom stereocenters. The Kier molecular flexibility index (Phi) is 4.49. The minimum absolute atomic E-state index is 0.151. The zero-order valence-corrected chi connectivity index (χ0v) is 13.0. The van der Waals surface area contributed by atoms with Crippen molar-refractivity contribution in [3.8, 4) is 0 Å². The van der Waals surface area contributed by atoms with Gasteiger partial charge in [0.05, 0.1) is 12.6 Å². The van der Waals surface area contributed by atoms with E-state index in [2.05, 4.69) is 5.10 Å². The van der Waals surface area contributed by atoms with Gasteiger partial charge in [-0.1, -0.05) is 60.7 Å². The number of rotatable bonds is 4. The molecule has 1 atom stereocenters. The number of hydrogen-bond donors (Lipinski definition) is 0. The summed E-state index contributed by atoms with van der Waals surface area (Å²) in [5.41, 5.74) is 0.281. The van der Waals surface area contributed by atoms with E-state index in [0.29, 0.717) is 5.56 Å². The van der Waals surface area contributed by atoms with Crippen LogP contribution in [0.25, 0.3) is 0 Å². The second-order valence-electron chi connectivity index (χ2n) is 5.83. The predicted octanol–water partition coefficient (Wildman–Crippen LogP) is 5.19. The molecular weight excluding hydrogens is 339 g/mol. The van der Waals surface area contributed by atoms with Crippen molar-refractivity contribution in [2.24, 2.45) is 5.10 Å². The monoisotopic (exact) mass is 354 g/mol. The van der Waals surface area contributed by atoms with Crippen LogP contribution in [0.5, 0.6) is 0 Å². The summed E-state index contributed by atoms with van der Waals surface area (Å²) < 4.78 is 65.7. The molecule has 3 rings (SSSR count). The van der Waals surface area contributed by atoms with Crippen LogP contribution in [0.1, 0.15) is 23.6 Å². The molecule has 7 heteroatoms. The summed E-state index contributed by atoms with van der Waals surface area (Å²) in [6.07, 6.45) is -6.13. The van der Waals surface area contributed by atoms with E-state index in [-0.39, 0.29) is 6.54 Å². The van der Waals surface area contributed by atoms with Crippen LogP contribution in [0.4, 0.5) is 22.0 Å². The molecule has 0 radical (unpaired) electrons. The zero-order valence-electron chi connectivity index (χ0n) is 13.0. The summed E-state index contributed by atoms with van der Waals surface area (Å²) in [4.78, 5) is 0. The van der Waals surface area contributed by atoms with Gasteiger partial charge in [-0.25, -0.2) is 0 Å². The van der Waals surface area contributed by atoms with Gasteiger partial charge >= 0.3 is 12.1 Å². The summed E-state index contributed by atoms with van der Waals surface area (Å²) >= 11 is 0. The molecule has 0 saturated heterocycles. The van der Waals surface area contributed by atoms with Gasteiger partial charge in [0.25, 0.3) is 0 Å². The largest absolute Gasteiger partial charge is 0.459 e.